The lowest BCUT2D eigenvalue weighted by atomic mass is 9.89. The Morgan fingerprint density at radius 3 is 2.50 bits per heavy atom. The molecule has 0 N–H and O–H groups in total. The smallest absolute Gasteiger partial charge is 0.338 e. The normalized spacial score (nSPS) is 14.8. The van der Waals surface area contributed by atoms with E-state index in [4.69, 9.17) is 14.5 Å². The average molecular weight is 669 g/mol. The van der Waals surface area contributed by atoms with E-state index < -0.39 is 12.0 Å². The molecule has 44 heavy (non-hydrogen) atoms. The fourth-order valence-electron chi connectivity index (χ4n) is 5.58. The largest absolute Gasteiger partial charge is 0.496 e. The van der Waals surface area contributed by atoms with Gasteiger partial charge in [0.15, 0.2) is 4.80 Å². The van der Waals surface area contributed by atoms with E-state index in [-0.39, 0.29) is 17.7 Å². The molecule has 0 saturated heterocycles. The summed E-state index contributed by atoms with van der Waals surface area (Å²) in [5.74, 6) is 0.0233. The molecular weight excluding hydrogens is 638 g/mol. The van der Waals surface area contributed by atoms with E-state index in [1.165, 1.54) is 11.3 Å². The fourth-order valence-corrected chi connectivity index (χ4v) is 7.33. The van der Waals surface area contributed by atoms with Crippen molar-refractivity contribution in [2.24, 2.45) is 4.99 Å². The molecule has 0 amide bonds. The van der Waals surface area contributed by atoms with Gasteiger partial charge in [0.05, 0.1) is 35.2 Å². The Morgan fingerprint density at radius 2 is 1.80 bits per heavy atom. The van der Waals surface area contributed by atoms with Gasteiger partial charge < -0.3 is 14.4 Å². The molecule has 9 heteroatoms. The summed E-state index contributed by atoms with van der Waals surface area (Å²) in [6, 6.07) is 26.4. The number of thiazole rings is 1. The zero-order valence-electron chi connectivity index (χ0n) is 24.7. The predicted octanol–water partition coefficient (Wildman–Crippen LogP) is 5.93. The summed E-state index contributed by atoms with van der Waals surface area (Å²) in [5.41, 5.74) is 3.83. The van der Waals surface area contributed by atoms with Crippen molar-refractivity contribution in [2.75, 3.05) is 32.7 Å². The number of nitrogens with zero attached hydrogens (tertiary/aromatic N) is 3. The van der Waals surface area contributed by atoms with Gasteiger partial charge in [0.2, 0.25) is 0 Å². The number of halogens is 1. The van der Waals surface area contributed by atoms with Gasteiger partial charge in [-0.25, -0.2) is 9.79 Å². The minimum absolute atomic E-state index is 0.173. The first-order valence-corrected chi connectivity index (χ1v) is 15.7. The second kappa shape index (κ2) is 12.3. The molecule has 0 fully saturated rings. The molecule has 0 radical (unpaired) electrons. The van der Waals surface area contributed by atoms with Crippen molar-refractivity contribution in [3.05, 3.63) is 131 Å². The van der Waals surface area contributed by atoms with Gasteiger partial charge in [-0.2, -0.15) is 0 Å². The van der Waals surface area contributed by atoms with Crippen LogP contribution in [-0.4, -0.2) is 38.3 Å². The molecule has 1 atom stereocenters. The van der Waals surface area contributed by atoms with Crippen molar-refractivity contribution in [2.45, 2.75) is 13.0 Å². The number of anilines is 1. The van der Waals surface area contributed by atoms with Crippen LogP contribution in [-0.2, 0) is 9.53 Å². The van der Waals surface area contributed by atoms with Crippen LogP contribution in [0.15, 0.2) is 105 Å². The number of rotatable bonds is 7. The van der Waals surface area contributed by atoms with Gasteiger partial charge in [-0.05, 0) is 63.5 Å². The van der Waals surface area contributed by atoms with Crippen molar-refractivity contribution < 1.29 is 14.3 Å². The lowest BCUT2D eigenvalue weighted by Crippen LogP contribution is -2.40. The zero-order chi connectivity index (χ0) is 31.0. The minimum atomic E-state index is -0.855. The Balaban J connectivity index is 1.71. The topological polar surface area (TPSA) is 73.1 Å². The van der Waals surface area contributed by atoms with Crippen LogP contribution in [0.5, 0.6) is 5.75 Å². The van der Waals surface area contributed by atoms with Crippen molar-refractivity contribution >= 4 is 61.5 Å². The summed E-state index contributed by atoms with van der Waals surface area (Å²) in [4.78, 5) is 35.8. The average Bonchev–Trinajstić information content (AvgIpc) is 3.34. The van der Waals surface area contributed by atoms with Crippen LogP contribution >= 0.6 is 27.3 Å². The molecule has 1 aliphatic rings. The number of aromatic nitrogens is 1. The highest BCUT2D eigenvalue weighted by molar-refractivity contribution is 9.10. The van der Waals surface area contributed by atoms with E-state index in [0.29, 0.717) is 26.3 Å². The van der Waals surface area contributed by atoms with Gasteiger partial charge in [-0.15, -0.1) is 0 Å². The number of ether oxygens (including phenoxy) is 2. The van der Waals surface area contributed by atoms with Crippen LogP contribution in [0, 0.1) is 0 Å². The third-order valence-electron chi connectivity index (χ3n) is 7.55. The van der Waals surface area contributed by atoms with E-state index in [0.717, 1.165) is 32.1 Å². The molecule has 4 aromatic carbocycles. The molecule has 0 bridgehead atoms. The minimum Gasteiger partial charge on any atom is -0.496 e. The maximum Gasteiger partial charge on any atom is 0.338 e. The Kier molecular flexibility index (Phi) is 8.25. The molecule has 6 rings (SSSR count). The van der Waals surface area contributed by atoms with E-state index in [1.54, 1.807) is 18.6 Å². The number of hydrogen-bond acceptors (Lipinski definition) is 7. The third kappa shape index (κ3) is 5.27. The number of methoxy groups -OCH3 is 1. The summed E-state index contributed by atoms with van der Waals surface area (Å²) in [6.45, 7) is 1.94. The Labute approximate surface area is 267 Å². The lowest BCUT2D eigenvalue weighted by molar-refractivity contribution is -0.138. The lowest BCUT2D eigenvalue weighted by Gasteiger charge is -2.28. The molecule has 0 saturated carbocycles. The first kappa shape index (κ1) is 29.6. The Morgan fingerprint density at radius 1 is 1.05 bits per heavy atom. The van der Waals surface area contributed by atoms with Gasteiger partial charge >= 0.3 is 5.97 Å². The van der Waals surface area contributed by atoms with Crippen LogP contribution in [0.4, 0.5) is 5.69 Å². The summed E-state index contributed by atoms with van der Waals surface area (Å²) in [6.07, 6.45) is 1.86. The zero-order valence-corrected chi connectivity index (χ0v) is 27.1. The standard InChI is InChI=1S/C35H30BrN3O4S/c1-5-43-34(41)30-31(23-12-7-6-8-13-23)37-35-39(32(30)29-24-14-10-9-11-22(24)16-18-27(29)42-4)33(40)28(44-35)20-21-15-17-26(38(2)3)25(36)19-21/h6-20,32H,5H2,1-4H3/b28-20-/t32-/m1/s1. The molecule has 7 nitrogen and oxygen atoms in total. The molecule has 0 aliphatic carbocycles. The fraction of sp³-hybridized carbons (Fsp3) is 0.171. The van der Waals surface area contributed by atoms with Crippen LogP contribution < -0.4 is 24.5 Å². The van der Waals surface area contributed by atoms with Crippen molar-refractivity contribution in [3.8, 4) is 5.75 Å². The van der Waals surface area contributed by atoms with Gasteiger partial charge in [0.1, 0.15) is 11.8 Å². The van der Waals surface area contributed by atoms with Crippen molar-refractivity contribution in [1.29, 1.82) is 0 Å². The molecule has 2 heterocycles. The quantitative estimate of drug-likeness (QED) is 0.201. The van der Waals surface area contributed by atoms with Gasteiger partial charge in [-0.3, -0.25) is 9.36 Å². The van der Waals surface area contributed by atoms with E-state index in [9.17, 15) is 9.59 Å². The molecule has 1 aromatic heterocycles. The number of carbonyl (C=O) groups excluding carboxylic acids is 1. The van der Waals surface area contributed by atoms with Crippen molar-refractivity contribution in [3.63, 3.8) is 0 Å². The predicted molar refractivity (Wildman–Crippen MR) is 180 cm³/mol. The van der Waals surface area contributed by atoms with Gasteiger partial charge in [0.25, 0.3) is 5.56 Å². The number of fused-ring (bicyclic) bond motifs is 2. The SMILES string of the molecule is CCOC(=O)C1=C(c2ccccc2)N=c2s/c(=C\c3ccc(N(C)C)c(Br)c3)c(=O)n2[C@@H]1c1c(OC)ccc2ccccc12. The summed E-state index contributed by atoms with van der Waals surface area (Å²) < 4.78 is 14.6. The molecule has 5 aromatic rings. The van der Waals surface area contributed by atoms with Crippen LogP contribution in [0.3, 0.4) is 0 Å². The summed E-state index contributed by atoms with van der Waals surface area (Å²) in [7, 11) is 5.55. The number of benzene rings is 4. The second-order valence-electron chi connectivity index (χ2n) is 10.4. The molecule has 0 unspecified atom stereocenters. The third-order valence-corrected chi connectivity index (χ3v) is 9.17. The highest BCUT2D eigenvalue weighted by Crippen LogP contribution is 2.42. The number of esters is 1. The highest BCUT2D eigenvalue weighted by Gasteiger charge is 2.37. The monoisotopic (exact) mass is 667 g/mol. The second-order valence-corrected chi connectivity index (χ2v) is 12.3. The molecule has 1 aliphatic heterocycles. The Bertz CT molecular complexity index is 2120. The van der Waals surface area contributed by atoms with E-state index in [1.807, 2.05) is 110 Å². The number of hydrogen-bond donors (Lipinski definition) is 0. The first-order valence-electron chi connectivity index (χ1n) is 14.1. The molecule has 222 valence electrons. The van der Waals surface area contributed by atoms with E-state index in [2.05, 4.69) is 15.9 Å². The summed E-state index contributed by atoms with van der Waals surface area (Å²) in [5, 5.41) is 1.82. The first-order chi connectivity index (χ1) is 21.3. The Hall–Kier alpha value is -4.47. The maximum atomic E-state index is 14.4. The van der Waals surface area contributed by atoms with Crippen LogP contribution in [0.25, 0.3) is 22.5 Å². The van der Waals surface area contributed by atoms with Crippen LogP contribution in [0.1, 0.15) is 29.7 Å². The van der Waals surface area contributed by atoms with Crippen LogP contribution in [0.2, 0.25) is 0 Å². The molecule has 0 spiro atoms. The van der Waals surface area contributed by atoms with E-state index >= 15 is 0 Å². The highest BCUT2D eigenvalue weighted by atomic mass is 79.9. The van der Waals surface area contributed by atoms with Gasteiger partial charge in [-0.1, -0.05) is 78.1 Å². The van der Waals surface area contributed by atoms with Gasteiger partial charge in [0, 0.05) is 29.7 Å². The van der Waals surface area contributed by atoms with Crippen molar-refractivity contribution in [1.82, 2.24) is 4.57 Å². The summed E-state index contributed by atoms with van der Waals surface area (Å²) >= 11 is 4.95. The maximum absolute atomic E-state index is 14.4. The number of carbonyl (C=O) groups is 1. The molecular formula is C35H30BrN3O4S.